The molecule has 5 heteroatoms. The molecular formula is C19H30N2O2S. The number of carbonyl (C=O) groups is 1. The van der Waals surface area contributed by atoms with Crippen LogP contribution in [0.25, 0.3) is 0 Å². The molecule has 0 unspecified atom stereocenters. The fourth-order valence-corrected chi connectivity index (χ4v) is 5.31. The van der Waals surface area contributed by atoms with Crippen molar-refractivity contribution in [3.05, 3.63) is 21.9 Å². The molecule has 24 heavy (non-hydrogen) atoms. The van der Waals surface area contributed by atoms with E-state index in [0.717, 1.165) is 38.9 Å². The van der Waals surface area contributed by atoms with Gasteiger partial charge in [0, 0.05) is 55.3 Å². The molecule has 1 aromatic rings. The fourth-order valence-electron chi connectivity index (χ4n) is 4.04. The van der Waals surface area contributed by atoms with Gasteiger partial charge in [-0.15, -0.1) is 11.3 Å². The van der Waals surface area contributed by atoms with E-state index in [1.165, 1.54) is 9.75 Å². The molecule has 1 aromatic heterocycles. The highest BCUT2D eigenvalue weighted by molar-refractivity contribution is 7.11. The molecule has 2 aliphatic heterocycles. The Labute approximate surface area is 149 Å². The second-order valence-electron chi connectivity index (χ2n) is 7.97. The average Bonchev–Trinajstić information content (AvgIpc) is 2.93. The highest BCUT2D eigenvalue weighted by Gasteiger charge is 2.45. The van der Waals surface area contributed by atoms with Crippen LogP contribution in [0.3, 0.4) is 0 Å². The Hall–Kier alpha value is -0.910. The largest absolute Gasteiger partial charge is 0.389 e. The summed E-state index contributed by atoms with van der Waals surface area (Å²) >= 11 is 1.92. The molecule has 3 heterocycles. The van der Waals surface area contributed by atoms with Crippen LogP contribution < -0.4 is 0 Å². The normalized spacial score (nSPS) is 28.2. The van der Waals surface area contributed by atoms with Gasteiger partial charge in [0.15, 0.2) is 0 Å². The lowest BCUT2D eigenvalue weighted by molar-refractivity contribution is -0.145. The third kappa shape index (κ3) is 4.01. The van der Waals surface area contributed by atoms with Crippen LogP contribution in [-0.2, 0) is 17.8 Å². The molecule has 0 radical (unpaired) electrons. The van der Waals surface area contributed by atoms with E-state index >= 15 is 0 Å². The van der Waals surface area contributed by atoms with E-state index in [2.05, 4.69) is 30.9 Å². The molecule has 2 atom stereocenters. The van der Waals surface area contributed by atoms with Crippen molar-refractivity contribution in [2.45, 2.75) is 52.2 Å². The van der Waals surface area contributed by atoms with Gasteiger partial charge in [-0.1, -0.05) is 13.8 Å². The first-order valence-electron chi connectivity index (χ1n) is 9.13. The summed E-state index contributed by atoms with van der Waals surface area (Å²) in [5, 5.41) is 10.9. The van der Waals surface area contributed by atoms with Crippen molar-refractivity contribution in [3.63, 3.8) is 0 Å². The molecule has 2 fully saturated rings. The van der Waals surface area contributed by atoms with E-state index in [4.69, 9.17) is 0 Å². The van der Waals surface area contributed by atoms with Crippen LogP contribution in [-0.4, -0.2) is 52.6 Å². The van der Waals surface area contributed by atoms with Gasteiger partial charge in [0.25, 0.3) is 0 Å². The number of hydrogen-bond donors (Lipinski definition) is 1. The monoisotopic (exact) mass is 350 g/mol. The van der Waals surface area contributed by atoms with Crippen LogP contribution >= 0.6 is 11.3 Å². The van der Waals surface area contributed by atoms with Crippen molar-refractivity contribution in [1.82, 2.24) is 9.80 Å². The Morgan fingerprint density at radius 3 is 2.71 bits per heavy atom. The third-order valence-electron chi connectivity index (χ3n) is 5.51. The standard InChI is InChI=1S/C19H30N2O2S/c1-14(2)10-17-4-5-18(24-17)13-20-8-6-19(23)7-9-21(15(3)22)12-16(19)11-20/h4-5,14,16,23H,6-13H2,1-3H3/t16-,19-/m1/s1. The van der Waals surface area contributed by atoms with E-state index in [1.807, 2.05) is 16.2 Å². The molecule has 0 aliphatic carbocycles. The van der Waals surface area contributed by atoms with Gasteiger partial charge in [-0.3, -0.25) is 9.69 Å². The van der Waals surface area contributed by atoms with Gasteiger partial charge in [0.2, 0.25) is 5.91 Å². The summed E-state index contributed by atoms with van der Waals surface area (Å²) in [7, 11) is 0. The van der Waals surface area contributed by atoms with Gasteiger partial charge < -0.3 is 10.0 Å². The minimum absolute atomic E-state index is 0.130. The molecular weight excluding hydrogens is 320 g/mol. The van der Waals surface area contributed by atoms with Gasteiger partial charge in [-0.25, -0.2) is 0 Å². The summed E-state index contributed by atoms with van der Waals surface area (Å²) < 4.78 is 0. The van der Waals surface area contributed by atoms with Crippen molar-refractivity contribution in [2.75, 3.05) is 26.2 Å². The molecule has 0 spiro atoms. The zero-order chi connectivity index (χ0) is 17.3. The number of amides is 1. The van der Waals surface area contributed by atoms with E-state index in [9.17, 15) is 9.90 Å². The molecule has 2 aliphatic rings. The maximum atomic E-state index is 11.7. The summed E-state index contributed by atoms with van der Waals surface area (Å²) in [6.07, 6.45) is 2.71. The third-order valence-corrected chi connectivity index (χ3v) is 6.60. The number of likely N-dealkylation sites (tertiary alicyclic amines) is 2. The van der Waals surface area contributed by atoms with E-state index in [0.29, 0.717) is 19.0 Å². The van der Waals surface area contributed by atoms with E-state index in [1.54, 1.807) is 6.92 Å². The van der Waals surface area contributed by atoms with Crippen molar-refractivity contribution in [3.8, 4) is 0 Å². The number of piperidine rings is 2. The Morgan fingerprint density at radius 1 is 1.29 bits per heavy atom. The number of fused-ring (bicyclic) bond motifs is 1. The SMILES string of the molecule is CC(=O)N1CC[C@]2(O)CCN(Cc3ccc(CC(C)C)s3)C[C@@H]2C1. The lowest BCUT2D eigenvalue weighted by atomic mass is 9.75. The van der Waals surface area contributed by atoms with Crippen molar-refractivity contribution >= 4 is 17.2 Å². The van der Waals surface area contributed by atoms with Crippen LogP contribution in [0.1, 0.15) is 43.4 Å². The van der Waals surface area contributed by atoms with Crippen LogP contribution in [0.4, 0.5) is 0 Å². The minimum Gasteiger partial charge on any atom is -0.389 e. The maximum Gasteiger partial charge on any atom is 0.219 e. The molecule has 1 amide bonds. The van der Waals surface area contributed by atoms with Crippen molar-refractivity contribution in [1.29, 1.82) is 0 Å². The summed E-state index contributed by atoms with van der Waals surface area (Å²) in [6.45, 7) is 10.4. The lowest BCUT2D eigenvalue weighted by Gasteiger charge is -2.50. The van der Waals surface area contributed by atoms with Gasteiger partial charge >= 0.3 is 0 Å². The van der Waals surface area contributed by atoms with E-state index < -0.39 is 5.60 Å². The first-order chi connectivity index (χ1) is 11.4. The Kier molecular flexibility index (Phi) is 5.33. The van der Waals surface area contributed by atoms with E-state index in [-0.39, 0.29) is 11.8 Å². The average molecular weight is 351 g/mol. The second-order valence-corrected chi connectivity index (χ2v) is 9.22. The van der Waals surface area contributed by atoms with Crippen LogP contribution in [0, 0.1) is 11.8 Å². The first kappa shape index (κ1) is 17.9. The minimum atomic E-state index is -0.569. The molecule has 1 N–H and O–H groups in total. The molecule has 4 nitrogen and oxygen atoms in total. The quantitative estimate of drug-likeness (QED) is 0.908. The summed E-state index contributed by atoms with van der Waals surface area (Å²) in [6, 6.07) is 4.52. The highest BCUT2D eigenvalue weighted by Crippen LogP contribution is 2.36. The smallest absolute Gasteiger partial charge is 0.219 e. The van der Waals surface area contributed by atoms with Gasteiger partial charge in [0.1, 0.15) is 0 Å². The van der Waals surface area contributed by atoms with Crippen molar-refractivity contribution in [2.24, 2.45) is 11.8 Å². The zero-order valence-corrected chi connectivity index (χ0v) is 15.9. The number of hydrogen-bond acceptors (Lipinski definition) is 4. The van der Waals surface area contributed by atoms with Gasteiger partial charge in [-0.2, -0.15) is 0 Å². The number of carbonyl (C=O) groups excluding carboxylic acids is 1. The zero-order valence-electron chi connectivity index (χ0n) is 15.1. The Morgan fingerprint density at radius 2 is 2.00 bits per heavy atom. The molecule has 2 saturated heterocycles. The summed E-state index contributed by atoms with van der Waals surface area (Å²) in [5.41, 5.74) is -0.569. The predicted octanol–water partition coefficient (Wildman–Crippen LogP) is 2.75. The molecule has 0 aromatic carbocycles. The highest BCUT2D eigenvalue weighted by atomic mass is 32.1. The molecule has 0 saturated carbocycles. The van der Waals surface area contributed by atoms with Crippen LogP contribution in [0.2, 0.25) is 0 Å². The first-order valence-corrected chi connectivity index (χ1v) is 9.95. The van der Waals surface area contributed by atoms with Gasteiger partial charge in [0.05, 0.1) is 5.60 Å². The maximum absolute atomic E-state index is 11.7. The number of rotatable bonds is 4. The Balaban J connectivity index is 1.60. The van der Waals surface area contributed by atoms with Crippen LogP contribution in [0.15, 0.2) is 12.1 Å². The number of nitrogens with zero attached hydrogens (tertiary/aromatic N) is 2. The second kappa shape index (κ2) is 7.14. The number of aliphatic hydroxyl groups is 1. The van der Waals surface area contributed by atoms with Crippen molar-refractivity contribution < 1.29 is 9.90 Å². The predicted molar refractivity (Wildman–Crippen MR) is 98.1 cm³/mol. The summed E-state index contributed by atoms with van der Waals surface area (Å²) in [4.78, 5) is 18.9. The number of thiophene rings is 1. The fraction of sp³-hybridized carbons (Fsp3) is 0.737. The van der Waals surface area contributed by atoms with Crippen LogP contribution in [0.5, 0.6) is 0 Å². The summed E-state index contributed by atoms with van der Waals surface area (Å²) in [5.74, 6) is 1.01. The van der Waals surface area contributed by atoms with Gasteiger partial charge in [-0.05, 0) is 37.3 Å². The lowest BCUT2D eigenvalue weighted by Crippen LogP contribution is -2.60. The Bertz CT molecular complexity index is 586. The molecule has 0 bridgehead atoms. The molecule has 134 valence electrons. The topological polar surface area (TPSA) is 43.8 Å². The molecule has 3 rings (SSSR count).